The third-order valence-electron chi connectivity index (χ3n) is 4.86. The Morgan fingerprint density at radius 3 is 3.07 bits per heavy atom. The highest BCUT2D eigenvalue weighted by Crippen LogP contribution is 2.28. The number of fused-ring (bicyclic) bond motifs is 2. The minimum atomic E-state index is -0.654. The average molecular weight is 359 g/mol. The number of hydrazone groups is 1. The van der Waals surface area contributed by atoms with Crippen LogP contribution in [0.15, 0.2) is 77.7 Å². The number of benzene rings is 1. The van der Waals surface area contributed by atoms with Crippen LogP contribution in [0.4, 0.5) is 0 Å². The molecule has 4 N–H and O–H groups in total. The normalized spacial score (nSPS) is 21.7. The van der Waals surface area contributed by atoms with Crippen molar-refractivity contribution in [1.82, 2.24) is 15.7 Å². The second-order valence-electron chi connectivity index (χ2n) is 6.67. The fourth-order valence-corrected chi connectivity index (χ4v) is 3.44. The Morgan fingerprint density at radius 2 is 2.15 bits per heavy atom. The largest absolute Gasteiger partial charge is 0.384 e. The summed E-state index contributed by atoms with van der Waals surface area (Å²) >= 11 is 0. The number of hydrogen-bond acceptors (Lipinski definition) is 5. The number of nitrogens with one attached hydrogen (secondary N) is 2. The van der Waals surface area contributed by atoms with Crippen LogP contribution in [0.2, 0.25) is 0 Å². The highest BCUT2D eigenvalue weighted by molar-refractivity contribution is 5.97. The number of allylic oxidation sites excluding steroid dienone is 2. The zero-order valence-electron chi connectivity index (χ0n) is 14.7. The van der Waals surface area contributed by atoms with Gasteiger partial charge in [-0.15, -0.1) is 0 Å². The minimum absolute atomic E-state index is 0.261. The predicted molar refractivity (Wildman–Crippen MR) is 107 cm³/mol. The van der Waals surface area contributed by atoms with Crippen molar-refractivity contribution in [2.24, 2.45) is 16.8 Å². The maximum atomic E-state index is 12.3. The van der Waals surface area contributed by atoms with Crippen LogP contribution in [0.25, 0.3) is 10.9 Å². The molecule has 0 bridgehead atoms. The second kappa shape index (κ2) is 7.55. The van der Waals surface area contributed by atoms with Crippen LogP contribution in [-0.2, 0) is 4.79 Å². The number of aromatic nitrogens is 1. The smallest absolute Gasteiger partial charge is 0.257 e. The summed E-state index contributed by atoms with van der Waals surface area (Å²) in [4.78, 5) is 16.7. The van der Waals surface area contributed by atoms with Gasteiger partial charge in [0.2, 0.25) is 0 Å². The number of nitrogens with zero attached hydrogens (tertiary/aromatic N) is 2. The Morgan fingerprint density at radius 1 is 1.30 bits per heavy atom. The Bertz CT molecular complexity index is 970. The van der Waals surface area contributed by atoms with Crippen LogP contribution < -0.4 is 16.5 Å². The van der Waals surface area contributed by atoms with E-state index in [2.05, 4.69) is 33.0 Å². The molecule has 0 spiro atoms. The summed E-state index contributed by atoms with van der Waals surface area (Å²) in [5.41, 5.74) is 11.4. The van der Waals surface area contributed by atoms with Gasteiger partial charge >= 0.3 is 0 Å². The first-order valence-corrected chi connectivity index (χ1v) is 8.94. The van der Waals surface area contributed by atoms with Gasteiger partial charge < -0.3 is 11.1 Å². The quantitative estimate of drug-likeness (QED) is 0.562. The Hall–Kier alpha value is -3.25. The summed E-state index contributed by atoms with van der Waals surface area (Å²) in [6.45, 7) is 0. The average Bonchev–Trinajstić information content (AvgIpc) is 3.11. The van der Waals surface area contributed by atoms with Gasteiger partial charge in [-0.3, -0.25) is 9.78 Å². The molecule has 1 amide bonds. The molecule has 136 valence electrons. The van der Waals surface area contributed by atoms with E-state index in [1.807, 2.05) is 48.7 Å². The summed E-state index contributed by atoms with van der Waals surface area (Å²) in [7, 11) is 0. The van der Waals surface area contributed by atoms with Crippen molar-refractivity contribution in [1.29, 1.82) is 0 Å². The van der Waals surface area contributed by atoms with Gasteiger partial charge in [-0.05, 0) is 24.3 Å². The first-order chi connectivity index (χ1) is 13.2. The third kappa shape index (κ3) is 3.66. The summed E-state index contributed by atoms with van der Waals surface area (Å²) in [6, 6.07) is 9.30. The monoisotopic (exact) mass is 359 g/mol. The SMILES string of the molecule is N[C@H](CC1=CNC2C=CC=CC12)C(=O)NN=Cc1cccc2cccnc12. The highest BCUT2D eigenvalue weighted by atomic mass is 16.2. The zero-order chi connectivity index (χ0) is 18.6. The lowest BCUT2D eigenvalue weighted by molar-refractivity contribution is -0.122. The van der Waals surface area contributed by atoms with Crippen molar-refractivity contribution < 1.29 is 4.79 Å². The van der Waals surface area contributed by atoms with Gasteiger partial charge in [0, 0.05) is 23.1 Å². The number of rotatable bonds is 5. The molecule has 0 saturated carbocycles. The lowest BCUT2D eigenvalue weighted by Gasteiger charge is -2.20. The van der Waals surface area contributed by atoms with Gasteiger partial charge in [0.1, 0.15) is 0 Å². The van der Waals surface area contributed by atoms with E-state index in [4.69, 9.17) is 5.73 Å². The molecule has 3 atom stereocenters. The van der Waals surface area contributed by atoms with Crippen LogP contribution in [0, 0.1) is 5.92 Å². The molecular weight excluding hydrogens is 338 g/mol. The van der Waals surface area contributed by atoms with E-state index in [9.17, 15) is 4.79 Å². The molecule has 2 aromatic rings. The van der Waals surface area contributed by atoms with E-state index in [0.717, 1.165) is 22.0 Å². The lowest BCUT2D eigenvalue weighted by atomic mass is 9.88. The van der Waals surface area contributed by atoms with E-state index in [0.29, 0.717) is 6.42 Å². The molecule has 2 heterocycles. The maximum Gasteiger partial charge on any atom is 0.257 e. The van der Waals surface area contributed by atoms with Crippen LogP contribution in [0.1, 0.15) is 12.0 Å². The van der Waals surface area contributed by atoms with Crippen molar-refractivity contribution in [3.63, 3.8) is 0 Å². The van der Waals surface area contributed by atoms with Crippen molar-refractivity contribution >= 4 is 23.0 Å². The summed E-state index contributed by atoms with van der Waals surface area (Å²) in [5, 5.41) is 8.40. The van der Waals surface area contributed by atoms with E-state index in [1.54, 1.807) is 12.4 Å². The number of amides is 1. The molecule has 2 aliphatic rings. The van der Waals surface area contributed by atoms with E-state index < -0.39 is 6.04 Å². The molecular formula is C21H21N5O. The summed E-state index contributed by atoms with van der Waals surface area (Å²) in [5.74, 6) is -0.0433. The van der Waals surface area contributed by atoms with Crippen LogP contribution in [0.5, 0.6) is 0 Å². The molecule has 6 heteroatoms. The van der Waals surface area contributed by atoms with Crippen LogP contribution >= 0.6 is 0 Å². The first-order valence-electron chi connectivity index (χ1n) is 8.94. The highest BCUT2D eigenvalue weighted by Gasteiger charge is 2.29. The van der Waals surface area contributed by atoms with E-state index in [1.165, 1.54) is 0 Å². The molecule has 1 aliphatic heterocycles. The van der Waals surface area contributed by atoms with Crippen LogP contribution in [0.3, 0.4) is 0 Å². The first kappa shape index (κ1) is 17.2. The Labute approximate surface area is 157 Å². The van der Waals surface area contributed by atoms with Gasteiger partial charge in [0.15, 0.2) is 0 Å². The van der Waals surface area contributed by atoms with Gasteiger partial charge in [-0.1, -0.05) is 48.6 Å². The van der Waals surface area contributed by atoms with Gasteiger partial charge in [-0.25, -0.2) is 5.43 Å². The molecule has 0 saturated heterocycles. The topological polar surface area (TPSA) is 92.4 Å². The fourth-order valence-electron chi connectivity index (χ4n) is 3.44. The number of carbonyl (C=O) groups excluding carboxylic acids is 1. The molecule has 0 fully saturated rings. The summed E-state index contributed by atoms with van der Waals surface area (Å²) in [6.07, 6.45) is 14.1. The molecule has 1 aromatic heterocycles. The van der Waals surface area contributed by atoms with Gasteiger partial charge in [0.25, 0.3) is 5.91 Å². The number of hydrogen-bond donors (Lipinski definition) is 3. The molecule has 0 radical (unpaired) electrons. The van der Waals surface area contributed by atoms with Crippen molar-refractivity contribution in [3.8, 4) is 0 Å². The number of carbonyl (C=O) groups is 1. The predicted octanol–water partition coefficient (Wildman–Crippen LogP) is 2.00. The molecule has 4 rings (SSSR count). The second-order valence-corrected chi connectivity index (χ2v) is 6.67. The van der Waals surface area contributed by atoms with Gasteiger partial charge in [0.05, 0.1) is 23.8 Å². The number of nitrogens with two attached hydrogens (primary N) is 1. The van der Waals surface area contributed by atoms with Crippen molar-refractivity contribution in [2.75, 3.05) is 0 Å². The third-order valence-corrected chi connectivity index (χ3v) is 4.86. The number of para-hydroxylation sites is 1. The molecule has 1 aromatic carbocycles. The summed E-state index contributed by atoms with van der Waals surface area (Å²) < 4.78 is 0. The standard InChI is InChI=1S/C21H21N5O/c22-18(11-16-12-24-19-9-2-1-8-17(16)19)21(27)26-25-13-15-6-3-5-14-7-4-10-23-20(14)15/h1-10,12-13,17-19,24H,11,22H2,(H,26,27)/t17?,18-,19?/m1/s1. The lowest BCUT2D eigenvalue weighted by Crippen LogP contribution is -2.39. The zero-order valence-corrected chi connectivity index (χ0v) is 14.7. The van der Waals surface area contributed by atoms with Crippen molar-refractivity contribution in [2.45, 2.75) is 18.5 Å². The fraction of sp³-hybridized carbons (Fsp3) is 0.190. The Kier molecular flexibility index (Phi) is 4.80. The molecule has 1 aliphatic carbocycles. The van der Waals surface area contributed by atoms with Gasteiger partial charge in [-0.2, -0.15) is 5.10 Å². The minimum Gasteiger partial charge on any atom is -0.384 e. The molecule has 2 unspecified atom stereocenters. The molecule has 6 nitrogen and oxygen atoms in total. The van der Waals surface area contributed by atoms with Crippen molar-refractivity contribution in [3.05, 3.63) is 78.2 Å². The van der Waals surface area contributed by atoms with E-state index >= 15 is 0 Å². The molecule has 27 heavy (non-hydrogen) atoms. The van der Waals surface area contributed by atoms with Crippen LogP contribution in [-0.4, -0.2) is 29.2 Å². The number of pyridine rings is 1. The van der Waals surface area contributed by atoms with E-state index in [-0.39, 0.29) is 17.9 Å². The Balaban J connectivity index is 1.37. The maximum absolute atomic E-state index is 12.3.